The summed E-state index contributed by atoms with van der Waals surface area (Å²) in [5.41, 5.74) is 0.471. The van der Waals surface area contributed by atoms with E-state index in [9.17, 15) is 22.4 Å². The maximum Gasteiger partial charge on any atom is 0.461 e. The van der Waals surface area contributed by atoms with Crippen LogP contribution in [0.5, 0.6) is 5.75 Å². The fourth-order valence-corrected chi connectivity index (χ4v) is 3.05. The number of rotatable bonds is 7. The SMILES string of the molecule is C[C@@H](NC(=O)Nc1cc(OC(F)(F)C(F)F)c(Cl)cc1Cl)c1nccnc1-c1ncccn1. The first kappa shape index (κ1) is 24.4. The smallest absolute Gasteiger partial charge is 0.427 e. The number of hydrogen-bond donors (Lipinski definition) is 2. The third kappa shape index (κ3) is 5.96. The number of nitrogens with zero attached hydrogens (tertiary/aromatic N) is 4. The minimum Gasteiger partial charge on any atom is -0.427 e. The molecule has 0 radical (unpaired) electrons. The molecule has 0 aliphatic rings. The lowest BCUT2D eigenvalue weighted by Crippen LogP contribution is -2.34. The quantitative estimate of drug-likeness (QED) is 0.420. The molecule has 174 valence electrons. The largest absolute Gasteiger partial charge is 0.461 e. The Bertz CT molecular complexity index is 1140. The predicted molar refractivity (Wildman–Crippen MR) is 112 cm³/mol. The number of halogens is 6. The third-order valence-electron chi connectivity index (χ3n) is 4.03. The second-order valence-electron chi connectivity index (χ2n) is 6.41. The number of ether oxygens (including phenoxy) is 1. The minimum absolute atomic E-state index is 0.145. The molecule has 3 aromatic rings. The van der Waals surface area contributed by atoms with Crippen LogP contribution in [0, 0.1) is 0 Å². The maximum atomic E-state index is 13.3. The van der Waals surface area contributed by atoms with Gasteiger partial charge >= 0.3 is 18.6 Å². The third-order valence-corrected chi connectivity index (χ3v) is 4.64. The zero-order valence-electron chi connectivity index (χ0n) is 16.6. The number of aromatic nitrogens is 4. The van der Waals surface area contributed by atoms with Gasteiger partial charge in [0.25, 0.3) is 0 Å². The highest BCUT2D eigenvalue weighted by Gasteiger charge is 2.44. The standard InChI is InChI=1S/C19H14Cl2F4N6O2/c1-9(14-15(27-6-5-26-14)16-28-3-2-4-29-16)30-18(32)31-12-8-13(11(21)7-10(12)20)33-19(24,25)17(22)23/h2-9,17H,1H3,(H2,30,31,32)/t9-/m1/s1. The summed E-state index contributed by atoms with van der Waals surface area (Å²) in [6.45, 7) is 1.61. The molecule has 0 bridgehead atoms. The predicted octanol–water partition coefficient (Wildman–Crippen LogP) is 5.36. The number of carbonyl (C=O) groups excluding carboxylic acids is 1. The Morgan fingerprint density at radius 1 is 1.03 bits per heavy atom. The molecule has 3 rings (SSSR count). The highest BCUT2D eigenvalue weighted by Crippen LogP contribution is 2.38. The molecule has 0 aliphatic heterocycles. The number of urea groups is 1. The Morgan fingerprint density at radius 3 is 2.36 bits per heavy atom. The van der Waals surface area contributed by atoms with E-state index in [2.05, 4.69) is 35.3 Å². The van der Waals surface area contributed by atoms with Crippen LogP contribution in [0.2, 0.25) is 10.0 Å². The summed E-state index contributed by atoms with van der Waals surface area (Å²) in [6, 6.07) is 1.87. The molecule has 0 unspecified atom stereocenters. The minimum atomic E-state index is -4.80. The van der Waals surface area contributed by atoms with Gasteiger partial charge < -0.3 is 15.4 Å². The molecule has 0 aliphatic carbocycles. The lowest BCUT2D eigenvalue weighted by atomic mass is 10.1. The fourth-order valence-electron chi connectivity index (χ4n) is 2.58. The first-order valence-corrected chi connectivity index (χ1v) is 9.84. The molecule has 0 spiro atoms. The van der Waals surface area contributed by atoms with Gasteiger partial charge in [-0.15, -0.1) is 0 Å². The number of amides is 2. The zero-order valence-corrected chi connectivity index (χ0v) is 18.1. The van der Waals surface area contributed by atoms with Crippen molar-refractivity contribution in [2.24, 2.45) is 0 Å². The van der Waals surface area contributed by atoms with Gasteiger partial charge in [0, 0.05) is 30.9 Å². The average Bonchev–Trinajstić information content (AvgIpc) is 2.77. The molecular formula is C19H14Cl2F4N6O2. The van der Waals surface area contributed by atoms with E-state index in [1.165, 1.54) is 24.8 Å². The van der Waals surface area contributed by atoms with Crippen molar-refractivity contribution in [3.63, 3.8) is 0 Å². The molecule has 33 heavy (non-hydrogen) atoms. The van der Waals surface area contributed by atoms with Crippen molar-refractivity contribution in [1.29, 1.82) is 0 Å². The normalized spacial score (nSPS) is 12.4. The van der Waals surface area contributed by atoms with Crippen LogP contribution in [-0.4, -0.2) is 38.5 Å². The van der Waals surface area contributed by atoms with Crippen LogP contribution in [0.4, 0.5) is 28.0 Å². The monoisotopic (exact) mass is 504 g/mol. The van der Waals surface area contributed by atoms with Crippen LogP contribution < -0.4 is 15.4 Å². The van der Waals surface area contributed by atoms with Gasteiger partial charge in [0.15, 0.2) is 5.82 Å². The van der Waals surface area contributed by atoms with E-state index < -0.39 is 35.4 Å². The Kier molecular flexibility index (Phi) is 7.49. The van der Waals surface area contributed by atoms with Crippen molar-refractivity contribution < 1.29 is 27.1 Å². The van der Waals surface area contributed by atoms with Crippen molar-refractivity contribution in [2.75, 3.05) is 5.32 Å². The van der Waals surface area contributed by atoms with E-state index in [1.54, 1.807) is 13.0 Å². The molecule has 0 saturated heterocycles. The van der Waals surface area contributed by atoms with Crippen LogP contribution >= 0.6 is 23.2 Å². The van der Waals surface area contributed by atoms with Crippen molar-refractivity contribution in [3.05, 3.63) is 58.7 Å². The lowest BCUT2D eigenvalue weighted by molar-refractivity contribution is -0.253. The summed E-state index contributed by atoms with van der Waals surface area (Å²) in [4.78, 5) is 29.1. The van der Waals surface area contributed by atoms with Crippen LogP contribution in [0.25, 0.3) is 11.5 Å². The number of anilines is 1. The van der Waals surface area contributed by atoms with Crippen LogP contribution in [0.15, 0.2) is 43.0 Å². The Balaban J connectivity index is 1.77. The van der Waals surface area contributed by atoms with Crippen LogP contribution in [0.1, 0.15) is 18.7 Å². The summed E-state index contributed by atoms with van der Waals surface area (Å²) in [6.07, 6.45) is -3.00. The van der Waals surface area contributed by atoms with Gasteiger partial charge in [-0.1, -0.05) is 23.2 Å². The van der Waals surface area contributed by atoms with Gasteiger partial charge in [-0.3, -0.25) is 4.98 Å². The lowest BCUT2D eigenvalue weighted by Gasteiger charge is -2.19. The average molecular weight is 505 g/mol. The molecule has 0 saturated carbocycles. The van der Waals surface area contributed by atoms with E-state index >= 15 is 0 Å². The van der Waals surface area contributed by atoms with Gasteiger partial charge in [0.05, 0.1) is 27.5 Å². The summed E-state index contributed by atoms with van der Waals surface area (Å²) in [5.74, 6) is -0.510. The summed E-state index contributed by atoms with van der Waals surface area (Å²) in [5, 5.41) is 4.30. The van der Waals surface area contributed by atoms with E-state index in [0.29, 0.717) is 11.4 Å². The summed E-state index contributed by atoms with van der Waals surface area (Å²) < 4.78 is 55.4. The molecule has 14 heteroatoms. The highest BCUT2D eigenvalue weighted by atomic mass is 35.5. The highest BCUT2D eigenvalue weighted by molar-refractivity contribution is 6.37. The molecule has 2 N–H and O–H groups in total. The molecular weight excluding hydrogens is 491 g/mol. The summed E-state index contributed by atoms with van der Waals surface area (Å²) in [7, 11) is 0. The second kappa shape index (κ2) is 10.1. The molecule has 2 aromatic heterocycles. The number of hydrogen-bond acceptors (Lipinski definition) is 6. The van der Waals surface area contributed by atoms with Crippen molar-refractivity contribution >= 4 is 34.9 Å². The fraction of sp³-hybridized carbons (Fsp3) is 0.211. The molecule has 8 nitrogen and oxygen atoms in total. The van der Waals surface area contributed by atoms with Gasteiger partial charge in [-0.25, -0.2) is 19.7 Å². The van der Waals surface area contributed by atoms with E-state index in [0.717, 1.165) is 12.1 Å². The van der Waals surface area contributed by atoms with Gasteiger partial charge in [0.1, 0.15) is 11.4 Å². The van der Waals surface area contributed by atoms with E-state index in [-0.39, 0.29) is 16.5 Å². The van der Waals surface area contributed by atoms with Crippen molar-refractivity contribution in [1.82, 2.24) is 25.3 Å². The molecule has 2 heterocycles. The molecule has 1 atom stereocenters. The van der Waals surface area contributed by atoms with Gasteiger partial charge in [-0.05, 0) is 19.1 Å². The van der Waals surface area contributed by atoms with Crippen molar-refractivity contribution in [2.45, 2.75) is 25.5 Å². The molecule has 1 aromatic carbocycles. The van der Waals surface area contributed by atoms with Gasteiger partial charge in [0.2, 0.25) is 0 Å². The topological polar surface area (TPSA) is 102 Å². The number of nitrogens with one attached hydrogen (secondary N) is 2. The molecule has 2 amide bonds. The van der Waals surface area contributed by atoms with Gasteiger partial charge in [-0.2, -0.15) is 17.6 Å². The van der Waals surface area contributed by atoms with Crippen LogP contribution in [-0.2, 0) is 0 Å². The number of benzene rings is 1. The first-order valence-electron chi connectivity index (χ1n) is 9.08. The Hall–Kier alpha value is -3.25. The Labute approximate surface area is 194 Å². The second-order valence-corrected chi connectivity index (χ2v) is 7.22. The number of carbonyl (C=O) groups is 1. The van der Waals surface area contributed by atoms with Crippen molar-refractivity contribution in [3.8, 4) is 17.3 Å². The van der Waals surface area contributed by atoms with E-state index in [1.807, 2.05) is 0 Å². The first-order chi connectivity index (χ1) is 15.6. The molecule has 0 fully saturated rings. The number of alkyl halides is 4. The van der Waals surface area contributed by atoms with E-state index in [4.69, 9.17) is 23.2 Å². The van der Waals surface area contributed by atoms with Crippen LogP contribution in [0.3, 0.4) is 0 Å². The maximum absolute atomic E-state index is 13.3. The summed E-state index contributed by atoms with van der Waals surface area (Å²) >= 11 is 11.7. The zero-order chi connectivity index (χ0) is 24.2. The Morgan fingerprint density at radius 2 is 1.70 bits per heavy atom.